The molecule has 1 aromatic heterocycles. The molecule has 0 aliphatic rings. The molecule has 0 aliphatic heterocycles. The molecule has 1 amide bonds. The van der Waals surface area contributed by atoms with Crippen molar-refractivity contribution in [3.05, 3.63) is 71.8 Å². The first-order valence-electron chi connectivity index (χ1n) is 11.9. The first-order chi connectivity index (χ1) is 16.9. The van der Waals surface area contributed by atoms with Crippen LogP contribution in [0.2, 0.25) is 0 Å². The Hall–Kier alpha value is -3.61. The lowest BCUT2D eigenvalue weighted by Crippen LogP contribution is -2.25. The van der Waals surface area contributed by atoms with Crippen LogP contribution in [0.4, 0.5) is 4.39 Å². The minimum Gasteiger partial charge on any atom is -0.494 e. The van der Waals surface area contributed by atoms with Crippen LogP contribution in [0.5, 0.6) is 17.2 Å². The van der Waals surface area contributed by atoms with Gasteiger partial charge in [0.25, 0.3) is 0 Å². The highest BCUT2D eigenvalue weighted by Gasteiger charge is 2.11. The van der Waals surface area contributed by atoms with Crippen molar-refractivity contribution in [3.8, 4) is 28.4 Å². The summed E-state index contributed by atoms with van der Waals surface area (Å²) in [5, 5.41) is 2.82. The number of carbonyl (C=O) groups is 1. The number of hydrogen-bond acceptors (Lipinski definition) is 5. The van der Waals surface area contributed by atoms with Crippen LogP contribution in [0.1, 0.15) is 39.0 Å². The summed E-state index contributed by atoms with van der Waals surface area (Å²) < 4.78 is 30.9. The molecule has 6 nitrogen and oxygen atoms in total. The maximum atomic E-state index is 13.9. The van der Waals surface area contributed by atoms with E-state index in [2.05, 4.69) is 10.3 Å². The molecular formula is C28H33FN2O4. The number of benzene rings is 2. The number of pyridine rings is 1. The lowest BCUT2D eigenvalue weighted by atomic mass is 10.1. The van der Waals surface area contributed by atoms with Crippen LogP contribution in [0, 0.1) is 11.7 Å². The Morgan fingerprint density at radius 2 is 1.77 bits per heavy atom. The zero-order chi connectivity index (χ0) is 25.2. The molecule has 0 atom stereocenters. The number of aromatic nitrogens is 1. The van der Waals surface area contributed by atoms with E-state index in [9.17, 15) is 9.18 Å². The van der Waals surface area contributed by atoms with Crippen LogP contribution in [0.15, 0.2) is 54.7 Å². The van der Waals surface area contributed by atoms with E-state index in [1.165, 1.54) is 12.1 Å². The quantitative estimate of drug-likeness (QED) is 0.367. The molecule has 186 valence electrons. The van der Waals surface area contributed by atoms with Gasteiger partial charge in [-0.25, -0.2) is 4.39 Å². The fourth-order valence-corrected chi connectivity index (χ4v) is 3.46. The van der Waals surface area contributed by atoms with Gasteiger partial charge in [0.1, 0.15) is 23.1 Å². The van der Waals surface area contributed by atoms with E-state index in [1.54, 1.807) is 12.3 Å². The molecule has 0 spiro atoms. The minimum atomic E-state index is -0.395. The standard InChI is InChI=1S/C28H33FN2O4/c1-5-33-24-9-10-26(27(15-24)34-6-2)21-7-8-23(30-17-21)14-28(32)31-16-20-11-22(29)13-25(12-20)35-18-19(3)4/h7-13,15,17,19H,5-6,14,16,18H2,1-4H3,(H,31,32). The number of amides is 1. The van der Waals surface area contributed by atoms with Gasteiger partial charge in [0.2, 0.25) is 5.91 Å². The first kappa shape index (κ1) is 26.0. The van der Waals surface area contributed by atoms with Crippen LogP contribution in [0.3, 0.4) is 0 Å². The van der Waals surface area contributed by atoms with Crippen molar-refractivity contribution >= 4 is 5.91 Å². The molecule has 0 saturated carbocycles. The number of halogens is 1. The summed E-state index contributed by atoms with van der Waals surface area (Å²) in [6, 6.07) is 13.9. The van der Waals surface area contributed by atoms with E-state index in [4.69, 9.17) is 14.2 Å². The second-order valence-corrected chi connectivity index (χ2v) is 8.52. The maximum absolute atomic E-state index is 13.9. The van der Waals surface area contributed by atoms with Gasteiger partial charge in [-0.1, -0.05) is 19.9 Å². The van der Waals surface area contributed by atoms with Crippen LogP contribution < -0.4 is 19.5 Å². The van der Waals surface area contributed by atoms with Gasteiger partial charge in [-0.15, -0.1) is 0 Å². The van der Waals surface area contributed by atoms with Crippen LogP contribution in [-0.2, 0) is 17.8 Å². The van der Waals surface area contributed by atoms with Gasteiger partial charge in [-0.3, -0.25) is 9.78 Å². The molecule has 0 unspecified atom stereocenters. The van der Waals surface area contributed by atoms with Gasteiger partial charge in [0.15, 0.2) is 0 Å². The SMILES string of the molecule is CCOc1ccc(-c2ccc(CC(=O)NCc3cc(F)cc(OCC(C)C)c3)nc2)c(OCC)c1. The molecule has 1 N–H and O–H groups in total. The van der Waals surface area contributed by atoms with Crippen molar-refractivity contribution in [1.82, 2.24) is 10.3 Å². The fourth-order valence-electron chi connectivity index (χ4n) is 3.46. The summed E-state index contributed by atoms with van der Waals surface area (Å²) in [5.74, 6) is 1.67. The molecule has 1 heterocycles. The Bertz CT molecular complexity index is 1120. The van der Waals surface area contributed by atoms with Crippen molar-refractivity contribution in [2.75, 3.05) is 19.8 Å². The van der Waals surface area contributed by atoms with Crippen LogP contribution >= 0.6 is 0 Å². The number of rotatable bonds is 12. The molecule has 3 rings (SSSR count). The van der Waals surface area contributed by atoms with Gasteiger partial charge in [0.05, 0.1) is 26.2 Å². The van der Waals surface area contributed by atoms with Gasteiger partial charge >= 0.3 is 0 Å². The van der Waals surface area contributed by atoms with Gasteiger partial charge in [-0.05, 0) is 55.7 Å². The predicted octanol–water partition coefficient (Wildman–Crippen LogP) is 5.58. The fraction of sp³-hybridized carbons (Fsp3) is 0.357. The summed E-state index contributed by atoms with van der Waals surface area (Å²) >= 11 is 0. The molecule has 0 fully saturated rings. The Morgan fingerprint density at radius 3 is 2.46 bits per heavy atom. The lowest BCUT2D eigenvalue weighted by Gasteiger charge is -2.13. The van der Waals surface area contributed by atoms with E-state index >= 15 is 0 Å². The Balaban J connectivity index is 1.61. The summed E-state index contributed by atoms with van der Waals surface area (Å²) in [5.41, 5.74) is 3.06. The third kappa shape index (κ3) is 7.98. The summed E-state index contributed by atoms with van der Waals surface area (Å²) in [6.45, 7) is 9.73. The van der Waals surface area contributed by atoms with Crippen molar-refractivity contribution in [1.29, 1.82) is 0 Å². The number of carbonyl (C=O) groups excluding carboxylic acids is 1. The maximum Gasteiger partial charge on any atom is 0.226 e. The number of nitrogens with zero attached hydrogens (tertiary/aromatic N) is 1. The van der Waals surface area contributed by atoms with E-state index in [0.717, 1.165) is 22.6 Å². The van der Waals surface area contributed by atoms with Crippen molar-refractivity contribution in [2.24, 2.45) is 5.92 Å². The third-order valence-electron chi connectivity index (χ3n) is 5.05. The lowest BCUT2D eigenvalue weighted by molar-refractivity contribution is -0.120. The molecule has 7 heteroatoms. The highest BCUT2D eigenvalue weighted by atomic mass is 19.1. The zero-order valence-electron chi connectivity index (χ0n) is 20.8. The topological polar surface area (TPSA) is 69.7 Å². The van der Waals surface area contributed by atoms with E-state index < -0.39 is 5.82 Å². The largest absolute Gasteiger partial charge is 0.494 e. The first-order valence-corrected chi connectivity index (χ1v) is 11.9. The van der Waals surface area contributed by atoms with E-state index in [1.807, 2.05) is 58.0 Å². The van der Waals surface area contributed by atoms with Crippen molar-refractivity contribution < 1.29 is 23.4 Å². The molecule has 3 aromatic rings. The smallest absolute Gasteiger partial charge is 0.226 e. The van der Waals surface area contributed by atoms with Crippen LogP contribution in [-0.4, -0.2) is 30.7 Å². The average Bonchev–Trinajstić information content (AvgIpc) is 2.82. The third-order valence-corrected chi connectivity index (χ3v) is 5.05. The monoisotopic (exact) mass is 480 g/mol. The van der Waals surface area contributed by atoms with Gasteiger partial charge in [-0.2, -0.15) is 0 Å². The van der Waals surface area contributed by atoms with Crippen LogP contribution in [0.25, 0.3) is 11.1 Å². The number of ether oxygens (including phenoxy) is 3. The highest BCUT2D eigenvalue weighted by molar-refractivity contribution is 5.78. The summed E-state index contributed by atoms with van der Waals surface area (Å²) in [6.07, 6.45) is 1.85. The van der Waals surface area contributed by atoms with Gasteiger partial charge < -0.3 is 19.5 Å². The number of nitrogens with one attached hydrogen (secondary N) is 1. The second kappa shape index (κ2) is 12.7. The second-order valence-electron chi connectivity index (χ2n) is 8.52. The molecule has 0 radical (unpaired) electrons. The summed E-state index contributed by atoms with van der Waals surface area (Å²) in [7, 11) is 0. The molecular weight excluding hydrogens is 447 g/mol. The minimum absolute atomic E-state index is 0.119. The molecule has 2 aromatic carbocycles. The van der Waals surface area contributed by atoms with E-state index in [-0.39, 0.29) is 18.9 Å². The highest BCUT2D eigenvalue weighted by Crippen LogP contribution is 2.33. The molecule has 35 heavy (non-hydrogen) atoms. The van der Waals surface area contributed by atoms with Crippen molar-refractivity contribution in [3.63, 3.8) is 0 Å². The molecule has 0 saturated heterocycles. The van der Waals surface area contributed by atoms with E-state index in [0.29, 0.717) is 42.7 Å². The van der Waals surface area contributed by atoms with Crippen molar-refractivity contribution in [2.45, 2.75) is 40.7 Å². The van der Waals surface area contributed by atoms with Gasteiger partial charge in [0, 0.05) is 41.7 Å². The molecule has 0 bridgehead atoms. The Morgan fingerprint density at radius 1 is 0.971 bits per heavy atom. The normalized spacial score (nSPS) is 10.8. The molecule has 0 aliphatic carbocycles. The Kier molecular flexibility index (Phi) is 9.47. The predicted molar refractivity (Wildman–Crippen MR) is 134 cm³/mol. The average molecular weight is 481 g/mol. The zero-order valence-corrected chi connectivity index (χ0v) is 20.8. The Labute approximate surface area is 206 Å². The summed E-state index contributed by atoms with van der Waals surface area (Å²) in [4.78, 5) is 16.9. The number of hydrogen-bond donors (Lipinski definition) is 1.